The number of nitrogens with zero attached hydrogens (tertiary/aromatic N) is 1. The van der Waals surface area contributed by atoms with Crippen molar-refractivity contribution in [3.63, 3.8) is 0 Å². The highest BCUT2D eigenvalue weighted by Crippen LogP contribution is 2.43. The Morgan fingerprint density at radius 2 is 0.931 bits per heavy atom. The van der Waals surface area contributed by atoms with Crippen molar-refractivity contribution in [2.45, 2.75) is 64.7 Å². The molecule has 0 aliphatic rings. The maximum Gasteiger partial charge on any atom is 0.433 e. The minimum absolute atomic E-state index is 0.0186. The summed E-state index contributed by atoms with van der Waals surface area (Å²) in [6, 6.07) is 4.06. The number of hydrogen-bond donors (Lipinski definition) is 1. The van der Waals surface area contributed by atoms with E-state index in [1.54, 1.807) is 41.5 Å². The average molecular weight is 419 g/mol. The van der Waals surface area contributed by atoms with Crippen molar-refractivity contribution in [2.75, 3.05) is 0 Å². The Bertz CT molecular complexity index is 847. The van der Waals surface area contributed by atoms with Crippen molar-refractivity contribution >= 4 is 0 Å². The van der Waals surface area contributed by atoms with Gasteiger partial charge in [-0.25, -0.2) is 4.98 Å². The van der Waals surface area contributed by atoms with Crippen molar-refractivity contribution in [1.29, 1.82) is 0 Å². The second-order valence-corrected chi connectivity index (χ2v) is 9.04. The lowest BCUT2D eigenvalue weighted by atomic mass is 9.77. The van der Waals surface area contributed by atoms with Crippen LogP contribution < -0.4 is 0 Å². The van der Waals surface area contributed by atoms with Crippen LogP contribution in [0.15, 0.2) is 24.3 Å². The molecule has 160 valence electrons. The third-order valence-corrected chi connectivity index (χ3v) is 4.47. The molecule has 0 aliphatic carbocycles. The smallest absolute Gasteiger partial charge is 0.433 e. The first kappa shape index (κ1) is 23.0. The molecule has 0 fully saturated rings. The lowest BCUT2D eigenvalue weighted by Gasteiger charge is -2.28. The Morgan fingerprint density at radius 3 is 1.21 bits per heavy atom. The molecule has 2 rings (SSSR count). The molecule has 1 aromatic carbocycles. The van der Waals surface area contributed by atoms with Gasteiger partial charge in [-0.1, -0.05) is 41.5 Å². The first-order valence-electron chi connectivity index (χ1n) is 8.86. The van der Waals surface area contributed by atoms with Crippen LogP contribution in [0.1, 0.15) is 64.1 Å². The Labute approximate surface area is 165 Å². The number of hydrogen-bond acceptors (Lipinski definition) is 2. The van der Waals surface area contributed by atoms with E-state index in [-0.39, 0.29) is 16.9 Å². The van der Waals surface area contributed by atoms with Crippen LogP contribution in [0.5, 0.6) is 5.75 Å². The highest BCUT2D eigenvalue weighted by Gasteiger charge is 2.39. The van der Waals surface area contributed by atoms with Crippen molar-refractivity contribution < 1.29 is 31.4 Å². The summed E-state index contributed by atoms with van der Waals surface area (Å²) in [4.78, 5) is 2.76. The minimum Gasteiger partial charge on any atom is -0.507 e. The SMILES string of the molecule is CC(C)(C)c1cc(-c2cc(C(F)(F)F)nc(C(F)(F)F)c2)cc(C(C)(C)C)c1O. The molecule has 1 aromatic heterocycles. The predicted molar refractivity (Wildman–Crippen MR) is 98.7 cm³/mol. The monoisotopic (exact) mass is 419 g/mol. The lowest BCUT2D eigenvalue weighted by Crippen LogP contribution is -2.18. The normalized spacial score (nSPS) is 13.7. The van der Waals surface area contributed by atoms with E-state index in [2.05, 4.69) is 4.98 Å². The predicted octanol–water partition coefficient (Wildman–Crippen LogP) is 7.09. The number of aromatic nitrogens is 1. The first-order valence-corrected chi connectivity index (χ1v) is 8.86. The summed E-state index contributed by atoms with van der Waals surface area (Å²) >= 11 is 0. The van der Waals surface area contributed by atoms with Gasteiger partial charge >= 0.3 is 12.4 Å². The zero-order valence-corrected chi connectivity index (χ0v) is 17.0. The van der Waals surface area contributed by atoms with E-state index in [9.17, 15) is 31.4 Å². The molecule has 0 saturated heterocycles. The van der Waals surface area contributed by atoms with E-state index in [1.165, 1.54) is 12.1 Å². The van der Waals surface area contributed by atoms with Gasteiger partial charge in [0.1, 0.15) is 17.1 Å². The maximum atomic E-state index is 13.2. The summed E-state index contributed by atoms with van der Waals surface area (Å²) < 4.78 is 79.1. The minimum atomic E-state index is -5.04. The Kier molecular flexibility index (Phi) is 5.49. The van der Waals surface area contributed by atoms with E-state index in [0.717, 1.165) is 0 Å². The largest absolute Gasteiger partial charge is 0.507 e. The molecule has 0 saturated carbocycles. The van der Waals surface area contributed by atoms with Crippen LogP contribution in [0.4, 0.5) is 26.3 Å². The number of pyridine rings is 1. The molecular weight excluding hydrogens is 396 g/mol. The van der Waals surface area contributed by atoms with E-state index in [0.29, 0.717) is 23.3 Å². The van der Waals surface area contributed by atoms with Gasteiger partial charge in [0.05, 0.1) is 0 Å². The Hall–Kier alpha value is -2.25. The quantitative estimate of drug-likeness (QED) is 0.501. The fourth-order valence-electron chi connectivity index (χ4n) is 2.93. The Balaban J connectivity index is 2.90. The fraction of sp³-hybridized carbons (Fsp3) is 0.476. The molecule has 0 spiro atoms. The molecule has 2 nitrogen and oxygen atoms in total. The third kappa shape index (κ3) is 5.03. The molecule has 0 unspecified atom stereocenters. The van der Waals surface area contributed by atoms with Gasteiger partial charge in [0.2, 0.25) is 0 Å². The van der Waals surface area contributed by atoms with Gasteiger partial charge in [-0.2, -0.15) is 26.3 Å². The van der Waals surface area contributed by atoms with Crippen LogP contribution in [-0.4, -0.2) is 10.1 Å². The van der Waals surface area contributed by atoms with E-state index in [4.69, 9.17) is 0 Å². The van der Waals surface area contributed by atoms with Crippen LogP contribution in [0, 0.1) is 0 Å². The highest BCUT2D eigenvalue weighted by atomic mass is 19.4. The lowest BCUT2D eigenvalue weighted by molar-refractivity contribution is -0.150. The number of phenolic OH excluding ortho intramolecular Hbond substituents is 1. The highest BCUT2D eigenvalue weighted by molar-refractivity contribution is 5.70. The number of alkyl halides is 6. The van der Waals surface area contributed by atoms with Gasteiger partial charge in [-0.05, 0) is 46.2 Å². The second kappa shape index (κ2) is 6.92. The molecule has 1 heterocycles. The molecule has 8 heteroatoms. The number of halogens is 6. The molecule has 0 radical (unpaired) electrons. The van der Waals surface area contributed by atoms with E-state index < -0.39 is 34.6 Å². The van der Waals surface area contributed by atoms with Gasteiger partial charge in [0.25, 0.3) is 0 Å². The van der Waals surface area contributed by atoms with Crippen molar-refractivity contribution in [2.24, 2.45) is 0 Å². The summed E-state index contributed by atoms with van der Waals surface area (Å²) in [7, 11) is 0. The van der Waals surface area contributed by atoms with Gasteiger partial charge in [0.15, 0.2) is 0 Å². The Morgan fingerprint density at radius 1 is 0.621 bits per heavy atom. The van der Waals surface area contributed by atoms with Crippen molar-refractivity contribution in [3.8, 4) is 16.9 Å². The van der Waals surface area contributed by atoms with Crippen LogP contribution in [0.25, 0.3) is 11.1 Å². The number of aromatic hydroxyl groups is 1. The summed E-state index contributed by atoms with van der Waals surface area (Å²) in [6.07, 6.45) is -10.1. The van der Waals surface area contributed by atoms with Crippen molar-refractivity contribution in [1.82, 2.24) is 4.98 Å². The van der Waals surface area contributed by atoms with Crippen LogP contribution in [0.2, 0.25) is 0 Å². The number of rotatable bonds is 1. The fourth-order valence-corrected chi connectivity index (χ4v) is 2.93. The summed E-state index contributed by atoms with van der Waals surface area (Å²) in [5.74, 6) is -0.0186. The summed E-state index contributed by atoms with van der Waals surface area (Å²) in [6.45, 7) is 10.8. The average Bonchev–Trinajstić information content (AvgIpc) is 2.50. The number of benzene rings is 1. The summed E-state index contributed by atoms with van der Waals surface area (Å²) in [5.41, 5.74) is -3.68. The molecule has 0 aliphatic heterocycles. The molecule has 2 aromatic rings. The third-order valence-electron chi connectivity index (χ3n) is 4.47. The maximum absolute atomic E-state index is 13.2. The van der Waals surface area contributed by atoms with Crippen LogP contribution in [0.3, 0.4) is 0 Å². The zero-order chi connectivity index (χ0) is 22.6. The molecule has 0 amide bonds. The van der Waals surface area contributed by atoms with Gasteiger partial charge in [-0.15, -0.1) is 0 Å². The zero-order valence-electron chi connectivity index (χ0n) is 17.0. The van der Waals surface area contributed by atoms with E-state index >= 15 is 0 Å². The van der Waals surface area contributed by atoms with Crippen LogP contribution in [-0.2, 0) is 23.2 Å². The van der Waals surface area contributed by atoms with E-state index in [1.807, 2.05) is 0 Å². The molecule has 0 bridgehead atoms. The molecule has 0 atom stereocenters. The molecule has 1 N–H and O–H groups in total. The standard InChI is InChI=1S/C21H23F6NO/c1-18(2,3)13-7-11(8-14(17(13)29)19(4,5)6)12-9-15(20(22,23)24)28-16(10-12)21(25,26)27/h7-10,29H,1-6H3. The van der Waals surface area contributed by atoms with Crippen LogP contribution >= 0.6 is 0 Å². The molecular formula is C21H23F6NO. The number of phenols is 1. The summed E-state index contributed by atoms with van der Waals surface area (Å²) in [5, 5.41) is 10.7. The first-order chi connectivity index (χ1) is 12.8. The molecule has 29 heavy (non-hydrogen) atoms. The van der Waals surface area contributed by atoms with Gasteiger partial charge < -0.3 is 5.11 Å². The van der Waals surface area contributed by atoms with Gasteiger partial charge in [-0.3, -0.25) is 0 Å². The topological polar surface area (TPSA) is 33.1 Å². The van der Waals surface area contributed by atoms with Gasteiger partial charge in [0, 0.05) is 11.1 Å². The van der Waals surface area contributed by atoms with Crippen molar-refractivity contribution in [3.05, 3.63) is 46.8 Å². The second-order valence-electron chi connectivity index (χ2n) is 9.04.